The summed E-state index contributed by atoms with van der Waals surface area (Å²) >= 11 is 0. The lowest BCUT2D eigenvalue weighted by molar-refractivity contribution is 0.0504. The second-order valence-corrected chi connectivity index (χ2v) is 6.22. The van der Waals surface area contributed by atoms with E-state index < -0.39 is 23.3 Å². The highest BCUT2D eigenvalue weighted by Gasteiger charge is 2.31. The molecule has 1 fully saturated rings. The molecule has 1 amide bonds. The molecular weight excluding hydrogens is 278 g/mol. The standard InChI is InChI=1S/C15H20F2N2O2/c1-15(2,3)21-14(20)19-13-8-18-7-12(13)9-4-10(16)6-11(17)5-9/h4-6,12-13,18H,7-8H2,1-3H3,(H,19,20)/t12-,13+/m0/s1. The highest BCUT2D eigenvalue weighted by Crippen LogP contribution is 2.25. The highest BCUT2D eigenvalue weighted by molar-refractivity contribution is 5.68. The molecule has 6 heteroatoms. The van der Waals surface area contributed by atoms with Crippen molar-refractivity contribution in [1.29, 1.82) is 0 Å². The predicted octanol–water partition coefficient (Wildman–Crippen LogP) is 2.54. The van der Waals surface area contributed by atoms with Crippen LogP contribution in [0, 0.1) is 11.6 Å². The first-order chi connectivity index (χ1) is 9.74. The van der Waals surface area contributed by atoms with Gasteiger partial charge in [-0.05, 0) is 38.5 Å². The molecule has 0 radical (unpaired) electrons. The molecule has 2 atom stereocenters. The SMILES string of the molecule is CC(C)(C)OC(=O)N[C@@H]1CNC[C@H]1c1cc(F)cc(F)c1. The van der Waals surface area contributed by atoms with Gasteiger partial charge in [0, 0.05) is 25.1 Å². The predicted molar refractivity (Wildman–Crippen MR) is 75.1 cm³/mol. The summed E-state index contributed by atoms with van der Waals surface area (Å²) in [5, 5.41) is 5.87. The molecule has 1 aliphatic heterocycles. The van der Waals surface area contributed by atoms with Crippen LogP contribution in [0.3, 0.4) is 0 Å². The molecule has 2 rings (SSSR count). The molecule has 0 aromatic heterocycles. The van der Waals surface area contributed by atoms with Gasteiger partial charge in [-0.1, -0.05) is 0 Å². The Balaban J connectivity index is 2.08. The molecule has 0 aliphatic carbocycles. The van der Waals surface area contributed by atoms with Gasteiger partial charge in [-0.25, -0.2) is 13.6 Å². The number of carbonyl (C=O) groups is 1. The van der Waals surface area contributed by atoms with E-state index in [1.807, 2.05) is 0 Å². The fourth-order valence-corrected chi connectivity index (χ4v) is 2.43. The molecule has 1 aromatic carbocycles. The van der Waals surface area contributed by atoms with E-state index in [2.05, 4.69) is 10.6 Å². The van der Waals surface area contributed by atoms with Crippen LogP contribution in [0.4, 0.5) is 13.6 Å². The summed E-state index contributed by atoms with van der Waals surface area (Å²) in [6.45, 7) is 6.40. The molecule has 2 N–H and O–H groups in total. The molecule has 0 saturated carbocycles. The van der Waals surface area contributed by atoms with E-state index in [-0.39, 0.29) is 12.0 Å². The van der Waals surface area contributed by atoms with Crippen molar-refractivity contribution in [2.75, 3.05) is 13.1 Å². The van der Waals surface area contributed by atoms with Crippen LogP contribution < -0.4 is 10.6 Å². The monoisotopic (exact) mass is 298 g/mol. The smallest absolute Gasteiger partial charge is 0.407 e. The van der Waals surface area contributed by atoms with Gasteiger partial charge in [0.2, 0.25) is 0 Å². The molecule has 21 heavy (non-hydrogen) atoms. The van der Waals surface area contributed by atoms with Crippen molar-refractivity contribution in [2.24, 2.45) is 0 Å². The van der Waals surface area contributed by atoms with Crippen molar-refractivity contribution in [3.63, 3.8) is 0 Å². The molecular formula is C15H20F2N2O2. The quantitative estimate of drug-likeness (QED) is 0.882. The molecule has 1 aliphatic rings. The lowest BCUT2D eigenvalue weighted by Gasteiger charge is -2.24. The zero-order chi connectivity index (χ0) is 15.6. The Labute approximate surface area is 122 Å². The Hall–Kier alpha value is -1.69. The van der Waals surface area contributed by atoms with Crippen molar-refractivity contribution in [3.8, 4) is 0 Å². The van der Waals surface area contributed by atoms with Gasteiger partial charge >= 0.3 is 6.09 Å². The summed E-state index contributed by atoms with van der Waals surface area (Å²) in [6, 6.07) is 3.16. The van der Waals surface area contributed by atoms with Gasteiger partial charge in [-0.2, -0.15) is 0 Å². The first-order valence-corrected chi connectivity index (χ1v) is 6.91. The number of carbonyl (C=O) groups excluding carboxylic acids is 1. The summed E-state index contributed by atoms with van der Waals surface area (Å²) in [5.74, 6) is -1.43. The van der Waals surface area contributed by atoms with Gasteiger partial charge in [0.25, 0.3) is 0 Å². The molecule has 1 heterocycles. The molecule has 1 aromatic rings. The minimum absolute atomic E-state index is 0.192. The third-order valence-electron chi connectivity index (χ3n) is 3.23. The van der Waals surface area contributed by atoms with Crippen LogP contribution in [-0.4, -0.2) is 30.8 Å². The van der Waals surface area contributed by atoms with Crippen LogP contribution in [0.5, 0.6) is 0 Å². The first kappa shape index (κ1) is 15.7. The zero-order valence-corrected chi connectivity index (χ0v) is 12.4. The summed E-state index contributed by atoms with van der Waals surface area (Å²) in [4.78, 5) is 11.8. The minimum Gasteiger partial charge on any atom is -0.444 e. The fourth-order valence-electron chi connectivity index (χ4n) is 2.43. The summed E-state index contributed by atoms with van der Waals surface area (Å²) in [5.41, 5.74) is -0.0603. The molecule has 116 valence electrons. The molecule has 0 bridgehead atoms. The van der Waals surface area contributed by atoms with E-state index in [4.69, 9.17) is 4.74 Å². The lowest BCUT2D eigenvalue weighted by Crippen LogP contribution is -2.42. The lowest BCUT2D eigenvalue weighted by atomic mass is 9.94. The second kappa shape index (κ2) is 5.97. The van der Waals surface area contributed by atoms with Gasteiger partial charge in [0.05, 0.1) is 6.04 Å². The highest BCUT2D eigenvalue weighted by atomic mass is 19.1. The topological polar surface area (TPSA) is 50.4 Å². The number of rotatable bonds is 2. The van der Waals surface area contributed by atoms with E-state index in [0.717, 1.165) is 6.07 Å². The summed E-state index contributed by atoms with van der Waals surface area (Å²) in [7, 11) is 0. The molecule has 4 nitrogen and oxygen atoms in total. The third kappa shape index (κ3) is 4.39. The number of nitrogens with one attached hydrogen (secondary N) is 2. The van der Waals surface area contributed by atoms with E-state index in [1.165, 1.54) is 12.1 Å². The van der Waals surface area contributed by atoms with E-state index in [0.29, 0.717) is 18.7 Å². The zero-order valence-electron chi connectivity index (χ0n) is 12.4. The van der Waals surface area contributed by atoms with Gasteiger partial charge in [0.15, 0.2) is 0 Å². The number of hydrogen-bond acceptors (Lipinski definition) is 3. The molecule has 1 saturated heterocycles. The number of hydrogen-bond donors (Lipinski definition) is 2. The Bertz CT molecular complexity index is 509. The maximum Gasteiger partial charge on any atom is 0.407 e. The van der Waals surface area contributed by atoms with Crippen LogP contribution in [0.2, 0.25) is 0 Å². The van der Waals surface area contributed by atoms with E-state index in [9.17, 15) is 13.6 Å². The van der Waals surface area contributed by atoms with Crippen LogP contribution in [-0.2, 0) is 4.74 Å². The van der Waals surface area contributed by atoms with Gasteiger partial charge in [-0.3, -0.25) is 0 Å². The van der Waals surface area contributed by atoms with Crippen LogP contribution in [0.15, 0.2) is 18.2 Å². The first-order valence-electron chi connectivity index (χ1n) is 6.91. The summed E-state index contributed by atoms with van der Waals surface area (Å²) < 4.78 is 31.8. The Kier molecular flexibility index (Phi) is 4.46. The minimum atomic E-state index is -0.618. The van der Waals surface area contributed by atoms with Crippen molar-refractivity contribution in [3.05, 3.63) is 35.4 Å². The molecule has 0 spiro atoms. The van der Waals surface area contributed by atoms with Crippen molar-refractivity contribution in [2.45, 2.75) is 38.3 Å². The normalized spacial score (nSPS) is 22.1. The average molecular weight is 298 g/mol. The van der Waals surface area contributed by atoms with Crippen molar-refractivity contribution < 1.29 is 18.3 Å². The average Bonchev–Trinajstić information content (AvgIpc) is 2.72. The number of alkyl carbamates (subject to hydrolysis) is 1. The number of amides is 1. The Morgan fingerprint density at radius 2 is 1.86 bits per heavy atom. The van der Waals surface area contributed by atoms with Crippen LogP contribution in [0.1, 0.15) is 32.3 Å². The van der Waals surface area contributed by atoms with Gasteiger partial charge in [0.1, 0.15) is 17.2 Å². The third-order valence-corrected chi connectivity index (χ3v) is 3.23. The maximum absolute atomic E-state index is 13.3. The van der Waals surface area contributed by atoms with Crippen molar-refractivity contribution in [1.82, 2.24) is 10.6 Å². The van der Waals surface area contributed by atoms with Gasteiger partial charge in [-0.15, -0.1) is 0 Å². The maximum atomic E-state index is 13.3. The van der Waals surface area contributed by atoms with Gasteiger partial charge < -0.3 is 15.4 Å². The largest absolute Gasteiger partial charge is 0.444 e. The Morgan fingerprint density at radius 3 is 2.43 bits per heavy atom. The Morgan fingerprint density at radius 1 is 1.24 bits per heavy atom. The van der Waals surface area contributed by atoms with Crippen molar-refractivity contribution >= 4 is 6.09 Å². The fraction of sp³-hybridized carbons (Fsp3) is 0.533. The van der Waals surface area contributed by atoms with Crippen LogP contribution in [0.25, 0.3) is 0 Å². The molecule has 0 unspecified atom stereocenters. The number of ether oxygens (including phenoxy) is 1. The van der Waals surface area contributed by atoms with E-state index >= 15 is 0 Å². The van der Waals surface area contributed by atoms with Crippen LogP contribution >= 0.6 is 0 Å². The number of benzene rings is 1. The number of halogens is 2. The van der Waals surface area contributed by atoms with E-state index in [1.54, 1.807) is 20.8 Å². The summed E-state index contributed by atoms with van der Waals surface area (Å²) in [6.07, 6.45) is -0.530. The second-order valence-electron chi connectivity index (χ2n) is 6.22.